The zero-order chi connectivity index (χ0) is 15.7. The van der Waals surface area contributed by atoms with Crippen molar-refractivity contribution in [1.82, 2.24) is 15.2 Å². The largest absolute Gasteiger partial charge is 0.343 e. The molecule has 2 aliphatic rings. The van der Waals surface area contributed by atoms with Crippen molar-refractivity contribution >= 4 is 17.6 Å². The Morgan fingerprint density at radius 2 is 2.00 bits per heavy atom. The molecule has 1 aromatic heterocycles. The smallest absolute Gasteiger partial charge is 0.272 e. The van der Waals surface area contributed by atoms with Gasteiger partial charge in [0.2, 0.25) is 5.91 Å². The van der Waals surface area contributed by atoms with Crippen LogP contribution >= 0.6 is 0 Å². The van der Waals surface area contributed by atoms with Gasteiger partial charge in [0.25, 0.3) is 5.91 Å². The van der Waals surface area contributed by atoms with Gasteiger partial charge in [-0.3, -0.25) is 14.5 Å². The number of amides is 2. The summed E-state index contributed by atoms with van der Waals surface area (Å²) >= 11 is 0. The number of hydrogen-bond donors (Lipinski definition) is 1. The summed E-state index contributed by atoms with van der Waals surface area (Å²) in [5.74, 6) is 0.606. The summed E-state index contributed by atoms with van der Waals surface area (Å²) in [6.07, 6.45) is 2.65. The van der Waals surface area contributed by atoms with Crippen molar-refractivity contribution in [3.8, 4) is 0 Å². The molecule has 2 amide bonds. The number of anilines is 1. The first-order valence-corrected chi connectivity index (χ1v) is 7.75. The number of nitrogens with zero attached hydrogens (tertiary/aromatic N) is 3. The van der Waals surface area contributed by atoms with Gasteiger partial charge in [-0.1, -0.05) is 6.07 Å². The highest BCUT2D eigenvalue weighted by Crippen LogP contribution is 2.41. The number of pyridine rings is 1. The van der Waals surface area contributed by atoms with E-state index in [-0.39, 0.29) is 17.2 Å². The fourth-order valence-corrected chi connectivity index (χ4v) is 3.33. The van der Waals surface area contributed by atoms with Gasteiger partial charge in [0.15, 0.2) is 0 Å². The van der Waals surface area contributed by atoms with Crippen LogP contribution in [0.15, 0.2) is 18.2 Å². The van der Waals surface area contributed by atoms with Crippen molar-refractivity contribution in [2.75, 3.05) is 38.6 Å². The average Bonchev–Trinajstić information content (AvgIpc) is 2.84. The van der Waals surface area contributed by atoms with E-state index in [4.69, 9.17) is 0 Å². The van der Waals surface area contributed by atoms with E-state index >= 15 is 0 Å². The van der Waals surface area contributed by atoms with E-state index in [9.17, 15) is 9.59 Å². The fourth-order valence-electron chi connectivity index (χ4n) is 3.33. The van der Waals surface area contributed by atoms with Gasteiger partial charge in [0.05, 0.1) is 5.41 Å². The van der Waals surface area contributed by atoms with Gasteiger partial charge in [-0.2, -0.15) is 0 Å². The molecule has 6 nitrogen and oxygen atoms in total. The minimum absolute atomic E-state index is 0.148. The van der Waals surface area contributed by atoms with E-state index in [0.717, 1.165) is 32.4 Å². The molecule has 3 heterocycles. The van der Waals surface area contributed by atoms with Crippen LogP contribution in [0.1, 0.15) is 29.8 Å². The van der Waals surface area contributed by atoms with Gasteiger partial charge in [0, 0.05) is 20.6 Å². The normalized spacial score (nSPS) is 20.5. The third kappa shape index (κ3) is 2.47. The maximum absolute atomic E-state index is 12.9. The maximum Gasteiger partial charge on any atom is 0.272 e. The molecule has 22 heavy (non-hydrogen) atoms. The van der Waals surface area contributed by atoms with Crippen molar-refractivity contribution in [1.29, 1.82) is 0 Å². The number of piperidine rings is 1. The zero-order valence-electron chi connectivity index (χ0n) is 13.1. The Balaban J connectivity index is 1.85. The summed E-state index contributed by atoms with van der Waals surface area (Å²) in [6, 6.07) is 5.29. The van der Waals surface area contributed by atoms with Crippen LogP contribution in [0.4, 0.5) is 5.82 Å². The molecule has 0 saturated carbocycles. The molecule has 0 bridgehead atoms. The molecule has 2 aliphatic heterocycles. The predicted octanol–water partition coefficient (Wildman–Crippen LogP) is 0.890. The van der Waals surface area contributed by atoms with Crippen LogP contribution in [-0.2, 0) is 4.79 Å². The molecular weight excluding hydrogens is 280 g/mol. The highest BCUT2D eigenvalue weighted by molar-refractivity contribution is 6.00. The molecular formula is C16H22N4O2. The lowest BCUT2D eigenvalue weighted by molar-refractivity contribution is -0.126. The van der Waals surface area contributed by atoms with E-state index in [1.54, 1.807) is 31.1 Å². The Morgan fingerprint density at radius 1 is 1.27 bits per heavy atom. The van der Waals surface area contributed by atoms with Crippen LogP contribution in [0.3, 0.4) is 0 Å². The molecule has 3 rings (SSSR count). The standard InChI is InChI=1S/C16H22N4O2/c1-19(2)14(21)12-4-3-5-13(18-12)20-11-8-16(15(20)22)6-9-17-10-7-16/h3-5,17H,6-11H2,1-2H3. The number of nitrogens with one attached hydrogen (secondary N) is 1. The van der Waals surface area contributed by atoms with Crippen molar-refractivity contribution in [3.05, 3.63) is 23.9 Å². The molecule has 1 spiro atoms. The highest BCUT2D eigenvalue weighted by Gasteiger charge is 2.47. The molecule has 0 unspecified atom stereocenters. The molecule has 2 saturated heterocycles. The van der Waals surface area contributed by atoms with Gasteiger partial charge in [0.1, 0.15) is 11.5 Å². The summed E-state index contributed by atoms with van der Waals surface area (Å²) < 4.78 is 0. The number of aromatic nitrogens is 1. The molecule has 6 heteroatoms. The Kier molecular flexibility index (Phi) is 3.87. The second-order valence-corrected chi connectivity index (χ2v) is 6.32. The second-order valence-electron chi connectivity index (χ2n) is 6.32. The fraction of sp³-hybridized carbons (Fsp3) is 0.562. The van der Waals surface area contributed by atoms with Gasteiger partial charge >= 0.3 is 0 Å². The number of hydrogen-bond acceptors (Lipinski definition) is 4. The maximum atomic E-state index is 12.9. The lowest BCUT2D eigenvalue weighted by Crippen LogP contribution is -2.43. The molecule has 0 atom stereocenters. The minimum atomic E-state index is -0.228. The van der Waals surface area contributed by atoms with Gasteiger partial charge in [-0.05, 0) is 44.5 Å². The van der Waals surface area contributed by atoms with Crippen molar-refractivity contribution < 1.29 is 9.59 Å². The number of carbonyl (C=O) groups is 2. The minimum Gasteiger partial charge on any atom is -0.343 e. The van der Waals surface area contributed by atoms with Crippen LogP contribution in [0.25, 0.3) is 0 Å². The van der Waals surface area contributed by atoms with Crippen LogP contribution in [0, 0.1) is 5.41 Å². The molecule has 1 aromatic rings. The summed E-state index contributed by atoms with van der Waals surface area (Å²) in [5.41, 5.74) is 0.149. The Bertz CT molecular complexity index is 594. The summed E-state index contributed by atoms with van der Waals surface area (Å²) in [6.45, 7) is 2.48. The molecule has 1 N–H and O–H groups in total. The quantitative estimate of drug-likeness (QED) is 0.881. The third-order valence-electron chi connectivity index (χ3n) is 4.71. The molecule has 118 valence electrons. The first-order valence-electron chi connectivity index (χ1n) is 7.75. The molecule has 2 fully saturated rings. The lowest BCUT2D eigenvalue weighted by Gasteiger charge is -2.31. The Hall–Kier alpha value is -1.95. The summed E-state index contributed by atoms with van der Waals surface area (Å²) in [5, 5.41) is 3.31. The van der Waals surface area contributed by atoms with E-state index in [2.05, 4.69) is 10.3 Å². The monoisotopic (exact) mass is 302 g/mol. The first-order chi connectivity index (χ1) is 10.5. The Morgan fingerprint density at radius 3 is 2.68 bits per heavy atom. The van der Waals surface area contributed by atoms with Gasteiger partial charge in [-0.25, -0.2) is 4.98 Å². The second kappa shape index (κ2) is 5.68. The van der Waals surface area contributed by atoms with Crippen molar-refractivity contribution in [3.63, 3.8) is 0 Å². The molecule has 0 radical (unpaired) electrons. The zero-order valence-corrected chi connectivity index (χ0v) is 13.1. The lowest BCUT2D eigenvalue weighted by atomic mass is 9.78. The predicted molar refractivity (Wildman–Crippen MR) is 83.8 cm³/mol. The van der Waals surface area contributed by atoms with Gasteiger partial charge < -0.3 is 10.2 Å². The van der Waals surface area contributed by atoms with Crippen LogP contribution in [-0.4, -0.2) is 55.4 Å². The van der Waals surface area contributed by atoms with E-state index in [1.807, 2.05) is 6.07 Å². The SMILES string of the molecule is CN(C)C(=O)c1cccc(N2CCC3(CCNCC3)C2=O)n1. The van der Waals surface area contributed by atoms with Gasteiger partial charge in [-0.15, -0.1) is 0 Å². The highest BCUT2D eigenvalue weighted by atomic mass is 16.2. The van der Waals surface area contributed by atoms with Crippen LogP contribution in [0.5, 0.6) is 0 Å². The third-order valence-corrected chi connectivity index (χ3v) is 4.71. The first kappa shape index (κ1) is 15.0. The summed E-state index contributed by atoms with van der Waals surface area (Å²) in [7, 11) is 3.39. The van der Waals surface area contributed by atoms with Crippen molar-refractivity contribution in [2.45, 2.75) is 19.3 Å². The Labute approximate surface area is 130 Å². The van der Waals surface area contributed by atoms with E-state index in [0.29, 0.717) is 18.1 Å². The average molecular weight is 302 g/mol. The summed E-state index contributed by atoms with van der Waals surface area (Å²) in [4.78, 5) is 32.5. The van der Waals surface area contributed by atoms with E-state index < -0.39 is 0 Å². The van der Waals surface area contributed by atoms with E-state index in [1.165, 1.54) is 4.90 Å². The molecule has 0 aromatic carbocycles. The molecule has 0 aliphatic carbocycles. The van der Waals surface area contributed by atoms with Crippen molar-refractivity contribution in [2.24, 2.45) is 5.41 Å². The number of rotatable bonds is 2. The van der Waals surface area contributed by atoms with Crippen LogP contribution < -0.4 is 10.2 Å². The van der Waals surface area contributed by atoms with Crippen LogP contribution in [0.2, 0.25) is 0 Å². The topological polar surface area (TPSA) is 65.5 Å². The number of carbonyl (C=O) groups excluding carboxylic acids is 2.